The van der Waals surface area contributed by atoms with Gasteiger partial charge in [0.15, 0.2) is 5.67 Å². The molecule has 4 unspecified atom stereocenters. The minimum Gasteiger partial charge on any atom is -0.378 e. The Balaban J connectivity index is 1.08. The van der Waals surface area contributed by atoms with Crippen LogP contribution in [-0.4, -0.2) is 73.9 Å². The quantitative estimate of drug-likeness (QED) is 0.512. The number of carbonyl (C=O) groups is 1. The van der Waals surface area contributed by atoms with E-state index in [2.05, 4.69) is 21.4 Å². The van der Waals surface area contributed by atoms with Gasteiger partial charge in [-0.1, -0.05) is 0 Å². The lowest BCUT2D eigenvalue weighted by atomic mass is 9.91. The van der Waals surface area contributed by atoms with Crippen LogP contribution >= 0.6 is 0 Å². The number of nitrogens with zero attached hydrogens (tertiary/aromatic N) is 1. The van der Waals surface area contributed by atoms with Crippen molar-refractivity contribution in [2.75, 3.05) is 32.8 Å². The van der Waals surface area contributed by atoms with Crippen LogP contribution in [0.25, 0.3) is 0 Å². The van der Waals surface area contributed by atoms with E-state index < -0.39 is 5.67 Å². The molecule has 158 valence electrons. The molecule has 9 heteroatoms. The van der Waals surface area contributed by atoms with Crippen molar-refractivity contribution < 1.29 is 18.8 Å². The topological polar surface area (TPSA) is 86.9 Å². The molecule has 0 spiro atoms. The first kappa shape index (κ1) is 19.1. The highest BCUT2D eigenvalue weighted by atomic mass is 19.1. The number of rotatable bonds is 5. The second kappa shape index (κ2) is 7.77. The maximum absolute atomic E-state index is 14.0. The Bertz CT molecular complexity index is 580. The van der Waals surface area contributed by atoms with Crippen LogP contribution < -0.4 is 21.4 Å². The highest BCUT2D eigenvalue weighted by Gasteiger charge is 2.53. The van der Waals surface area contributed by atoms with E-state index in [1.165, 1.54) is 0 Å². The molecule has 5 rings (SSSR count). The molecule has 1 amide bonds. The summed E-state index contributed by atoms with van der Waals surface area (Å²) in [6.45, 7) is 3.86. The van der Waals surface area contributed by atoms with Crippen molar-refractivity contribution in [1.29, 1.82) is 0 Å². The number of piperidine rings is 2. The van der Waals surface area contributed by atoms with Gasteiger partial charge in [0.1, 0.15) is 6.23 Å². The largest absolute Gasteiger partial charge is 0.378 e. The molecule has 0 radical (unpaired) electrons. The Hall–Kier alpha value is -0.840. The standard InChI is InChI=1S/C19H32FN5O3/c20-19(4-5-19)18(26)25-7-2-12(3-8-25)16-23-17(28-24-16)13-1-6-21-15(9-13)22-14-10-27-11-14/h12-17,21-24H,1-11H2. The van der Waals surface area contributed by atoms with E-state index in [4.69, 9.17) is 9.57 Å². The van der Waals surface area contributed by atoms with Crippen LogP contribution in [0.2, 0.25) is 0 Å². The maximum Gasteiger partial charge on any atom is 0.260 e. The second-order valence-electron chi connectivity index (χ2n) is 9.09. The average molecular weight is 397 g/mol. The number of carbonyl (C=O) groups excluding carboxylic acids is 1. The molecule has 0 aromatic carbocycles. The van der Waals surface area contributed by atoms with Crippen molar-refractivity contribution in [2.24, 2.45) is 11.8 Å². The van der Waals surface area contributed by atoms with E-state index in [-0.39, 0.29) is 18.3 Å². The number of likely N-dealkylation sites (tertiary alicyclic amines) is 1. The van der Waals surface area contributed by atoms with Gasteiger partial charge in [0, 0.05) is 19.0 Å². The molecule has 1 saturated carbocycles. The predicted octanol–water partition coefficient (Wildman–Crippen LogP) is -0.182. The number of halogens is 1. The Morgan fingerprint density at radius 3 is 2.61 bits per heavy atom. The van der Waals surface area contributed by atoms with Crippen LogP contribution in [0, 0.1) is 11.8 Å². The van der Waals surface area contributed by atoms with Gasteiger partial charge in [-0.25, -0.2) is 4.39 Å². The van der Waals surface area contributed by atoms with Crippen molar-refractivity contribution in [1.82, 2.24) is 26.3 Å². The molecular formula is C19H32FN5O3. The fourth-order valence-corrected chi connectivity index (χ4v) is 4.86. The van der Waals surface area contributed by atoms with Crippen LogP contribution in [0.4, 0.5) is 4.39 Å². The fourth-order valence-electron chi connectivity index (χ4n) is 4.86. The van der Waals surface area contributed by atoms with Crippen LogP contribution in [0.15, 0.2) is 0 Å². The molecule has 28 heavy (non-hydrogen) atoms. The van der Waals surface area contributed by atoms with Crippen molar-refractivity contribution in [3.05, 3.63) is 0 Å². The van der Waals surface area contributed by atoms with Crippen molar-refractivity contribution in [3.8, 4) is 0 Å². The summed E-state index contributed by atoms with van der Waals surface area (Å²) in [5.41, 5.74) is 1.64. The zero-order chi connectivity index (χ0) is 19.1. The van der Waals surface area contributed by atoms with E-state index >= 15 is 0 Å². The molecule has 0 bridgehead atoms. The van der Waals surface area contributed by atoms with Gasteiger partial charge in [-0.15, -0.1) is 0 Å². The van der Waals surface area contributed by atoms with Crippen LogP contribution in [0.3, 0.4) is 0 Å². The number of ether oxygens (including phenoxy) is 1. The maximum atomic E-state index is 14.0. The number of hydroxylamine groups is 1. The first-order valence-corrected chi connectivity index (χ1v) is 10.8. The van der Waals surface area contributed by atoms with Crippen molar-refractivity contribution >= 4 is 5.91 Å². The van der Waals surface area contributed by atoms with E-state index in [1.807, 2.05) is 0 Å². The first-order chi connectivity index (χ1) is 13.6. The van der Waals surface area contributed by atoms with Crippen LogP contribution in [0.1, 0.15) is 38.5 Å². The summed E-state index contributed by atoms with van der Waals surface area (Å²) in [5, 5.41) is 10.8. The lowest BCUT2D eigenvalue weighted by Crippen LogP contribution is -2.58. The highest BCUT2D eigenvalue weighted by molar-refractivity contribution is 5.88. The fraction of sp³-hybridized carbons (Fsp3) is 0.947. The zero-order valence-corrected chi connectivity index (χ0v) is 16.3. The summed E-state index contributed by atoms with van der Waals surface area (Å²) in [5.74, 6) is 0.546. The molecule has 4 N–H and O–H groups in total. The Labute approximate surface area is 165 Å². The molecule has 5 fully saturated rings. The predicted molar refractivity (Wildman–Crippen MR) is 99.6 cm³/mol. The Kier molecular flexibility index (Phi) is 5.31. The van der Waals surface area contributed by atoms with Gasteiger partial charge in [0.2, 0.25) is 0 Å². The van der Waals surface area contributed by atoms with Gasteiger partial charge in [-0.2, -0.15) is 5.48 Å². The molecule has 1 aliphatic carbocycles. The third kappa shape index (κ3) is 3.93. The van der Waals surface area contributed by atoms with Gasteiger partial charge in [0.05, 0.1) is 31.6 Å². The highest BCUT2D eigenvalue weighted by Crippen LogP contribution is 2.42. The molecule has 4 atom stereocenters. The molecular weight excluding hydrogens is 365 g/mol. The summed E-state index contributed by atoms with van der Waals surface area (Å²) in [7, 11) is 0. The number of hydrogen-bond acceptors (Lipinski definition) is 7. The normalized spacial score (nSPS) is 39.0. The number of nitrogens with one attached hydrogen (secondary N) is 4. The smallest absolute Gasteiger partial charge is 0.260 e. The number of hydrogen-bond donors (Lipinski definition) is 4. The SMILES string of the molecule is O=C(N1CCC(C2NOC(C3CCNC(NC4COC4)C3)N2)CC1)C1(F)CC1. The van der Waals surface area contributed by atoms with E-state index in [9.17, 15) is 9.18 Å². The minimum absolute atomic E-state index is 0.00859. The minimum atomic E-state index is -1.55. The summed E-state index contributed by atoms with van der Waals surface area (Å²) in [4.78, 5) is 19.8. The molecule has 0 aromatic rings. The number of amides is 1. The summed E-state index contributed by atoms with van der Waals surface area (Å²) >= 11 is 0. The monoisotopic (exact) mass is 397 g/mol. The number of alkyl halides is 1. The molecule has 8 nitrogen and oxygen atoms in total. The van der Waals surface area contributed by atoms with Gasteiger partial charge in [-0.3, -0.25) is 20.3 Å². The third-order valence-corrected chi connectivity index (χ3v) is 6.98. The van der Waals surface area contributed by atoms with E-state index in [0.29, 0.717) is 50.0 Å². The van der Waals surface area contributed by atoms with E-state index in [1.54, 1.807) is 4.90 Å². The summed E-state index contributed by atoms with van der Waals surface area (Å²) < 4.78 is 19.3. The zero-order valence-electron chi connectivity index (χ0n) is 16.3. The van der Waals surface area contributed by atoms with Crippen LogP contribution in [-0.2, 0) is 14.4 Å². The Morgan fingerprint density at radius 2 is 1.93 bits per heavy atom. The molecule has 4 saturated heterocycles. The third-order valence-electron chi connectivity index (χ3n) is 6.98. The summed E-state index contributed by atoms with van der Waals surface area (Å²) in [6.07, 6.45) is 5.06. The average Bonchev–Trinajstić information content (AvgIpc) is 3.26. The van der Waals surface area contributed by atoms with Crippen LogP contribution in [0.5, 0.6) is 0 Å². The molecule has 4 aliphatic heterocycles. The summed E-state index contributed by atoms with van der Waals surface area (Å²) in [6, 6.07) is 0.464. The lowest BCUT2D eigenvalue weighted by Gasteiger charge is -2.38. The van der Waals surface area contributed by atoms with Gasteiger partial charge >= 0.3 is 0 Å². The van der Waals surface area contributed by atoms with Crippen molar-refractivity contribution in [3.63, 3.8) is 0 Å². The van der Waals surface area contributed by atoms with Crippen molar-refractivity contribution in [2.45, 2.75) is 68.8 Å². The molecule has 5 aliphatic rings. The molecule has 0 aromatic heterocycles. The van der Waals surface area contributed by atoms with Gasteiger partial charge < -0.3 is 15.0 Å². The lowest BCUT2D eigenvalue weighted by molar-refractivity contribution is -0.139. The van der Waals surface area contributed by atoms with E-state index in [0.717, 1.165) is 45.4 Å². The second-order valence-corrected chi connectivity index (χ2v) is 9.09. The molecule has 4 heterocycles. The van der Waals surface area contributed by atoms with Gasteiger partial charge in [-0.05, 0) is 51.0 Å². The Morgan fingerprint density at radius 1 is 1.14 bits per heavy atom. The van der Waals surface area contributed by atoms with Gasteiger partial charge in [0.25, 0.3) is 5.91 Å². The first-order valence-electron chi connectivity index (χ1n) is 10.8.